The number of nitrogens with zero attached hydrogens (tertiary/aromatic N) is 4. The van der Waals surface area contributed by atoms with E-state index in [0.717, 1.165) is 25.3 Å². The van der Waals surface area contributed by atoms with Gasteiger partial charge in [-0.25, -0.2) is 4.98 Å². The molecule has 0 aromatic carbocycles. The third kappa shape index (κ3) is 5.34. The van der Waals surface area contributed by atoms with E-state index in [1.54, 1.807) is 0 Å². The minimum Gasteiger partial charge on any atom is -0.373 e. The zero-order chi connectivity index (χ0) is 18.6. The van der Waals surface area contributed by atoms with Crippen molar-refractivity contribution in [3.63, 3.8) is 0 Å². The van der Waals surface area contributed by atoms with Crippen molar-refractivity contribution in [3.8, 4) is 12.3 Å². The number of nitrogens with one attached hydrogen (secondary N) is 1. The number of thiazole rings is 1. The van der Waals surface area contributed by atoms with Crippen molar-refractivity contribution in [1.82, 2.24) is 9.88 Å². The van der Waals surface area contributed by atoms with Crippen LogP contribution in [0.2, 0.25) is 0 Å². The van der Waals surface area contributed by atoms with Crippen molar-refractivity contribution in [2.75, 3.05) is 18.4 Å². The zero-order valence-corrected chi connectivity index (χ0v) is 16.1. The first-order valence-electron chi connectivity index (χ1n) is 8.97. The van der Waals surface area contributed by atoms with Gasteiger partial charge in [0.15, 0.2) is 10.8 Å². The second-order valence-electron chi connectivity index (χ2n) is 7.03. The first-order valence-corrected chi connectivity index (χ1v) is 9.85. The Kier molecular flexibility index (Phi) is 6.01. The maximum absolute atomic E-state index is 12.2. The number of aromatic nitrogens is 1. The molecule has 2 aliphatic heterocycles. The minimum atomic E-state index is -0.415. The molecule has 2 aliphatic rings. The molecule has 1 aromatic heterocycles. The van der Waals surface area contributed by atoms with E-state index in [-0.39, 0.29) is 18.1 Å². The summed E-state index contributed by atoms with van der Waals surface area (Å²) < 4.78 is 5.75. The van der Waals surface area contributed by atoms with Gasteiger partial charge in [0.05, 0.1) is 17.9 Å². The molecule has 0 radical (unpaired) electrons. The number of carbonyl (C=O) groups is 1. The highest BCUT2D eigenvalue weighted by atomic mass is 32.1. The van der Waals surface area contributed by atoms with Crippen molar-refractivity contribution >= 4 is 22.4 Å². The highest BCUT2D eigenvalue weighted by Crippen LogP contribution is 2.37. The molecule has 1 saturated heterocycles. The first kappa shape index (κ1) is 19.0. The van der Waals surface area contributed by atoms with Crippen LogP contribution in [0.25, 0.3) is 0 Å². The van der Waals surface area contributed by atoms with Gasteiger partial charge in [-0.1, -0.05) is 0 Å². The summed E-state index contributed by atoms with van der Waals surface area (Å²) in [4.78, 5) is 19.0. The van der Waals surface area contributed by atoms with Crippen molar-refractivity contribution in [1.29, 1.82) is 0 Å². The molecular formula is C18H25N5O2S. The van der Waals surface area contributed by atoms with Crippen LogP contribution in [0.4, 0.5) is 5.13 Å². The van der Waals surface area contributed by atoms with Crippen molar-refractivity contribution in [3.05, 3.63) is 11.1 Å². The number of hydrogen-bond acceptors (Lipinski definition) is 7. The van der Waals surface area contributed by atoms with Crippen LogP contribution in [0.3, 0.4) is 0 Å². The zero-order valence-electron chi connectivity index (χ0n) is 15.3. The largest absolute Gasteiger partial charge is 0.373 e. The second-order valence-corrected chi connectivity index (χ2v) is 7.89. The van der Waals surface area contributed by atoms with E-state index >= 15 is 0 Å². The van der Waals surface area contributed by atoms with Gasteiger partial charge in [-0.3, -0.25) is 9.69 Å². The van der Waals surface area contributed by atoms with Crippen molar-refractivity contribution in [2.45, 2.75) is 63.9 Å². The van der Waals surface area contributed by atoms with Crippen molar-refractivity contribution < 1.29 is 9.53 Å². The predicted molar refractivity (Wildman–Crippen MR) is 101 cm³/mol. The summed E-state index contributed by atoms with van der Waals surface area (Å²) in [5, 5.41) is 13.6. The second kappa shape index (κ2) is 8.25. The smallest absolute Gasteiger partial charge is 0.226 e. The van der Waals surface area contributed by atoms with Crippen LogP contribution in [0.15, 0.2) is 15.6 Å². The maximum atomic E-state index is 12.2. The van der Waals surface area contributed by atoms with Gasteiger partial charge in [-0.2, -0.15) is 10.2 Å². The highest BCUT2D eigenvalue weighted by molar-refractivity contribution is 7.13. The molecule has 1 fully saturated rings. The monoisotopic (exact) mass is 375 g/mol. The van der Waals surface area contributed by atoms with Gasteiger partial charge in [-0.05, 0) is 13.8 Å². The lowest BCUT2D eigenvalue weighted by Crippen LogP contribution is -2.44. The summed E-state index contributed by atoms with van der Waals surface area (Å²) in [6, 6.07) is 0. The molecule has 0 bridgehead atoms. The number of morpholine rings is 1. The van der Waals surface area contributed by atoms with E-state index in [4.69, 9.17) is 11.2 Å². The molecule has 26 heavy (non-hydrogen) atoms. The number of anilines is 1. The molecule has 2 atom stereocenters. The number of rotatable bonds is 8. The molecule has 0 spiro atoms. The van der Waals surface area contributed by atoms with Crippen LogP contribution in [0.5, 0.6) is 0 Å². The van der Waals surface area contributed by atoms with Crippen LogP contribution in [-0.2, 0) is 16.1 Å². The molecule has 7 nitrogen and oxygen atoms in total. The third-order valence-electron chi connectivity index (χ3n) is 4.48. The van der Waals surface area contributed by atoms with E-state index < -0.39 is 5.66 Å². The van der Waals surface area contributed by atoms with Crippen LogP contribution in [-0.4, -0.2) is 46.8 Å². The fourth-order valence-corrected chi connectivity index (χ4v) is 3.96. The lowest BCUT2D eigenvalue weighted by Gasteiger charge is -2.34. The Hall–Kier alpha value is -1.82. The summed E-state index contributed by atoms with van der Waals surface area (Å²) >= 11 is 1.46. The SMILES string of the molecule is C#CCCC1(CCC(=O)Nc2nc(CN3CC(C)OC(C)C3)cs2)N=N1. The number of amides is 1. The molecule has 1 aromatic rings. The lowest BCUT2D eigenvalue weighted by molar-refractivity contribution is -0.116. The van der Waals surface area contributed by atoms with Gasteiger partial charge in [-0.15, -0.1) is 23.7 Å². The number of carbonyl (C=O) groups excluding carboxylic acids is 1. The summed E-state index contributed by atoms with van der Waals surface area (Å²) in [7, 11) is 0. The van der Waals surface area contributed by atoms with Gasteiger partial charge >= 0.3 is 0 Å². The Bertz CT molecular complexity index is 695. The van der Waals surface area contributed by atoms with Crippen LogP contribution < -0.4 is 5.32 Å². The first-order chi connectivity index (χ1) is 12.5. The predicted octanol–water partition coefficient (Wildman–Crippen LogP) is 3.05. The molecule has 2 unspecified atom stereocenters. The Morgan fingerprint density at radius 2 is 2.15 bits per heavy atom. The van der Waals surface area contributed by atoms with Gasteiger partial charge in [0.2, 0.25) is 5.91 Å². The quantitative estimate of drug-likeness (QED) is 0.708. The topological polar surface area (TPSA) is 79.2 Å². The van der Waals surface area contributed by atoms with E-state index in [1.807, 2.05) is 5.38 Å². The summed E-state index contributed by atoms with van der Waals surface area (Å²) in [6.07, 6.45) is 8.05. The number of hydrogen-bond donors (Lipinski definition) is 1. The van der Waals surface area contributed by atoms with E-state index in [0.29, 0.717) is 30.8 Å². The fourth-order valence-electron chi connectivity index (χ4n) is 3.24. The Labute approximate surface area is 158 Å². The molecule has 3 heterocycles. The van der Waals surface area contributed by atoms with Gasteiger partial charge in [0.1, 0.15) is 0 Å². The highest BCUT2D eigenvalue weighted by Gasteiger charge is 2.39. The van der Waals surface area contributed by atoms with Crippen molar-refractivity contribution in [2.24, 2.45) is 10.2 Å². The number of ether oxygens (including phenoxy) is 1. The molecular weight excluding hydrogens is 350 g/mol. The Morgan fingerprint density at radius 3 is 2.81 bits per heavy atom. The molecule has 0 aliphatic carbocycles. The molecule has 140 valence electrons. The fraction of sp³-hybridized carbons (Fsp3) is 0.667. The van der Waals surface area contributed by atoms with Crippen LogP contribution >= 0.6 is 11.3 Å². The standard InChI is InChI=1S/C18H25N5O2S/c1-4-5-7-18(21-22-18)8-6-16(24)20-17-19-15(12-26-17)11-23-9-13(2)25-14(3)10-23/h1,12-14H,5-11H2,2-3H3,(H,19,20,24). The van der Waals surface area contributed by atoms with Gasteiger partial charge < -0.3 is 10.1 Å². The lowest BCUT2D eigenvalue weighted by atomic mass is 10.0. The van der Waals surface area contributed by atoms with Gasteiger partial charge in [0, 0.05) is 50.7 Å². The van der Waals surface area contributed by atoms with E-state index in [2.05, 4.69) is 45.2 Å². The van der Waals surface area contributed by atoms with E-state index in [1.165, 1.54) is 11.3 Å². The molecule has 1 amide bonds. The molecule has 0 saturated carbocycles. The average Bonchev–Trinajstić information content (AvgIpc) is 3.23. The summed E-state index contributed by atoms with van der Waals surface area (Å²) in [5.74, 6) is 2.53. The third-order valence-corrected chi connectivity index (χ3v) is 5.29. The minimum absolute atomic E-state index is 0.0584. The van der Waals surface area contributed by atoms with Crippen LogP contribution in [0, 0.1) is 12.3 Å². The Balaban J connectivity index is 1.43. The average molecular weight is 375 g/mol. The Morgan fingerprint density at radius 1 is 1.42 bits per heavy atom. The maximum Gasteiger partial charge on any atom is 0.226 e. The summed E-state index contributed by atoms with van der Waals surface area (Å²) in [5.41, 5.74) is 0.561. The number of terminal acetylenes is 1. The van der Waals surface area contributed by atoms with E-state index in [9.17, 15) is 4.79 Å². The molecule has 3 rings (SSSR count). The van der Waals surface area contributed by atoms with Gasteiger partial charge in [0.25, 0.3) is 0 Å². The normalized spacial score (nSPS) is 24.2. The molecule has 1 N–H and O–H groups in total. The molecule has 8 heteroatoms. The summed E-state index contributed by atoms with van der Waals surface area (Å²) in [6.45, 7) is 6.75. The van der Waals surface area contributed by atoms with Crippen LogP contribution in [0.1, 0.15) is 45.2 Å².